The SMILES string of the molecule is Cc1cccc(CCNCc2cncnc2)c1. The van der Waals surface area contributed by atoms with Crippen molar-refractivity contribution in [2.45, 2.75) is 19.9 Å². The van der Waals surface area contributed by atoms with E-state index in [0.717, 1.165) is 25.1 Å². The highest BCUT2D eigenvalue weighted by Crippen LogP contribution is 2.04. The Morgan fingerprint density at radius 3 is 2.71 bits per heavy atom. The average Bonchev–Trinajstić information content (AvgIpc) is 2.36. The summed E-state index contributed by atoms with van der Waals surface area (Å²) in [5.74, 6) is 0. The zero-order valence-electron chi connectivity index (χ0n) is 10.1. The summed E-state index contributed by atoms with van der Waals surface area (Å²) in [6, 6.07) is 8.63. The molecule has 1 aromatic heterocycles. The highest BCUT2D eigenvalue weighted by Gasteiger charge is 1.95. The monoisotopic (exact) mass is 227 g/mol. The minimum atomic E-state index is 0.826. The van der Waals surface area contributed by atoms with Gasteiger partial charge in [0.15, 0.2) is 0 Å². The highest BCUT2D eigenvalue weighted by atomic mass is 14.9. The molecule has 0 unspecified atom stereocenters. The van der Waals surface area contributed by atoms with Crippen LogP contribution in [-0.2, 0) is 13.0 Å². The minimum absolute atomic E-state index is 0.826. The van der Waals surface area contributed by atoms with Crippen molar-refractivity contribution in [3.8, 4) is 0 Å². The number of aryl methyl sites for hydroxylation is 1. The summed E-state index contributed by atoms with van der Waals surface area (Å²) in [7, 11) is 0. The molecule has 0 saturated heterocycles. The molecule has 0 aliphatic heterocycles. The van der Waals surface area contributed by atoms with Crippen LogP contribution in [0.5, 0.6) is 0 Å². The lowest BCUT2D eigenvalue weighted by Gasteiger charge is -2.05. The molecule has 0 radical (unpaired) electrons. The van der Waals surface area contributed by atoms with E-state index >= 15 is 0 Å². The molecule has 2 rings (SSSR count). The zero-order valence-corrected chi connectivity index (χ0v) is 10.1. The Labute approximate surface area is 102 Å². The van der Waals surface area contributed by atoms with Crippen molar-refractivity contribution in [1.82, 2.24) is 15.3 Å². The second-order valence-corrected chi connectivity index (χ2v) is 4.16. The van der Waals surface area contributed by atoms with Crippen LogP contribution in [0.1, 0.15) is 16.7 Å². The van der Waals surface area contributed by atoms with E-state index in [1.165, 1.54) is 11.1 Å². The quantitative estimate of drug-likeness (QED) is 0.795. The largest absolute Gasteiger partial charge is 0.312 e. The predicted octanol–water partition coefficient (Wildman–Crippen LogP) is 2.12. The summed E-state index contributed by atoms with van der Waals surface area (Å²) in [6.45, 7) is 3.92. The van der Waals surface area contributed by atoms with Crippen LogP contribution in [0.3, 0.4) is 0 Å². The van der Waals surface area contributed by atoms with Gasteiger partial charge in [0, 0.05) is 24.5 Å². The normalized spacial score (nSPS) is 10.4. The molecule has 3 heteroatoms. The number of hydrogen-bond donors (Lipinski definition) is 1. The molecular formula is C14H17N3. The van der Waals surface area contributed by atoms with E-state index in [1.54, 1.807) is 6.33 Å². The van der Waals surface area contributed by atoms with Crippen LogP contribution in [0.4, 0.5) is 0 Å². The van der Waals surface area contributed by atoms with Crippen molar-refractivity contribution in [2.24, 2.45) is 0 Å². The van der Waals surface area contributed by atoms with E-state index in [4.69, 9.17) is 0 Å². The predicted molar refractivity (Wildman–Crippen MR) is 68.6 cm³/mol. The lowest BCUT2D eigenvalue weighted by Crippen LogP contribution is -2.16. The minimum Gasteiger partial charge on any atom is -0.312 e. The van der Waals surface area contributed by atoms with E-state index < -0.39 is 0 Å². The fourth-order valence-electron chi connectivity index (χ4n) is 1.75. The van der Waals surface area contributed by atoms with Crippen LogP contribution < -0.4 is 5.32 Å². The average molecular weight is 227 g/mol. The van der Waals surface area contributed by atoms with Gasteiger partial charge in [-0.25, -0.2) is 9.97 Å². The number of nitrogens with zero attached hydrogens (tertiary/aromatic N) is 2. The van der Waals surface area contributed by atoms with Gasteiger partial charge in [-0.05, 0) is 25.5 Å². The van der Waals surface area contributed by atoms with Crippen molar-refractivity contribution >= 4 is 0 Å². The van der Waals surface area contributed by atoms with E-state index in [9.17, 15) is 0 Å². The van der Waals surface area contributed by atoms with Gasteiger partial charge in [-0.15, -0.1) is 0 Å². The first-order chi connectivity index (χ1) is 8.34. The van der Waals surface area contributed by atoms with Gasteiger partial charge in [0.05, 0.1) is 0 Å². The summed E-state index contributed by atoms with van der Waals surface area (Å²) in [4.78, 5) is 7.96. The number of hydrogen-bond acceptors (Lipinski definition) is 3. The Bertz CT molecular complexity index is 454. The van der Waals surface area contributed by atoms with E-state index in [-0.39, 0.29) is 0 Å². The summed E-state index contributed by atoms with van der Waals surface area (Å²) in [5.41, 5.74) is 3.82. The Balaban J connectivity index is 1.73. The van der Waals surface area contributed by atoms with E-state index in [0.29, 0.717) is 0 Å². The molecule has 0 saturated carbocycles. The molecule has 0 fully saturated rings. The van der Waals surface area contributed by atoms with Gasteiger partial charge >= 0.3 is 0 Å². The highest BCUT2D eigenvalue weighted by molar-refractivity contribution is 5.22. The molecule has 3 nitrogen and oxygen atoms in total. The Morgan fingerprint density at radius 2 is 1.94 bits per heavy atom. The van der Waals surface area contributed by atoms with Gasteiger partial charge in [0.2, 0.25) is 0 Å². The maximum Gasteiger partial charge on any atom is 0.115 e. The maximum absolute atomic E-state index is 3.98. The van der Waals surface area contributed by atoms with Crippen LogP contribution >= 0.6 is 0 Å². The number of nitrogens with one attached hydrogen (secondary N) is 1. The standard InChI is InChI=1S/C14H17N3/c1-12-3-2-4-13(7-12)5-6-15-8-14-9-16-11-17-10-14/h2-4,7,9-11,15H,5-6,8H2,1H3. The van der Waals surface area contributed by atoms with Crippen molar-refractivity contribution in [3.05, 3.63) is 59.7 Å². The molecule has 0 aliphatic rings. The lowest BCUT2D eigenvalue weighted by atomic mass is 10.1. The van der Waals surface area contributed by atoms with Crippen LogP contribution in [0.25, 0.3) is 0 Å². The van der Waals surface area contributed by atoms with Crippen molar-refractivity contribution < 1.29 is 0 Å². The molecule has 0 bridgehead atoms. The fourth-order valence-corrected chi connectivity index (χ4v) is 1.75. The molecular weight excluding hydrogens is 210 g/mol. The molecule has 0 aliphatic carbocycles. The second kappa shape index (κ2) is 6.11. The molecule has 1 heterocycles. The third kappa shape index (κ3) is 3.96. The first kappa shape index (κ1) is 11.7. The first-order valence-electron chi connectivity index (χ1n) is 5.85. The smallest absolute Gasteiger partial charge is 0.115 e. The molecule has 0 amide bonds. The van der Waals surface area contributed by atoms with E-state index in [2.05, 4.69) is 46.5 Å². The molecule has 2 aromatic rings. The van der Waals surface area contributed by atoms with Crippen molar-refractivity contribution in [3.63, 3.8) is 0 Å². The van der Waals surface area contributed by atoms with Gasteiger partial charge in [-0.3, -0.25) is 0 Å². The van der Waals surface area contributed by atoms with Crippen molar-refractivity contribution in [1.29, 1.82) is 0 Å². The zero-order chi connectivity index (χ0) is 11.9. The third-order valence-corrected chi connectivity index (χ3v) is 2.62. The van der Waals surface area contributed by atoms with Crippen LogP contribution in [0.15, 0.2) is 43.0 Å². The van der Waals surface area contributed by atoms with Gasteiger partial charge in [0.1, 0.15) is 6.33 Å². The van der Waals surface area contributed by atoms with E-state index in [1.807, 2.05) is 12.4 Å². The molecule has 17 heavy (non-hydrogen) atoms. The summed E-state index contributed by atoms with van der Waals surface area (Å²) >= 11 is 0. The van der Waals surface area contributed by atoms with Gasteiger partial charge in [0.25, 0.3) is 0 Å². The Kier molecular flexibility index (Phi) is 4.22. The summed E-state index contributed by atoms with van der Waals surface area (Å²) in [6.07, 6.45) is 6.28. The summed E-state index contributed by atoms with van der Waals surface area (Å²) < 4.78 is 0. The third-order valence-electron chi connectivity index (χ3n) is 2.62. The molecule has 1 aromatic carbocycles. The summed E-state index contributed by atoms with van der Waals surface area (Å²) in [5, 5.41) is 3.39. The molecule has 0 spiro atoms. The number of benzene rings is 1. The number of aromatic nitrogens is 2. The van der Waals surface area contributed by atoms with Crippen LogP contribution in [0.2, 0.25) is 0 Å². The lowest BCUT2D eigenvalue weighted by molar-refractivity contribution is 0.683. The second-order valence-electron chi connectivity index (χ2n) is 4.16. The fraction of sp³-hybridized carbons (Fsp3) is 0.286. The Morgan fingerprint density at radius 1 is 1.12 bits per heavy atom. The van der Waals surface area contributed by atoms with Gasteiger partial charge in [-0.2, -0.15) is 0 Å². The Hall–Kier alpha value is -1.74. The topological polar surface area (TPSA) is 37.8 Å². The number of rotatable bonds is 5. The van der Waals surface area contributed by atoms with Crippen LogP contribution in [0, 0.1) is 6.92 Å². The van der Waals surface area contributed by atoms with Gasteiger partial charge in [-0.1, -0.05) is 29.8 Å². The molecule has 88 valence electrons. The molecule has 0 atom stereocenters. The van der Waals surface area contributed by atoms with Crippen LogP contribution in [-0.4, -0.2) is 16.5 Å². The van der Waals surface area contributed by atoms with Crippen molar-refractivity contribution in [2.75, 3.05) is 6.54 Å². The van der Waals surface area contributed by atoms with Gasteiger partial charge < -0.3 is 5.32 Å². The first-order valence-corrected chi connectivity index (χ1v) is 5.85. The molecule has 1 N–H and O–H groups in total. The maximum atomic E-state index is 3.98.